The molecule has 0 N–H and O–H groups in total. The van der Waals surface area contributed by atoms with Gasteiger partial charge in [-0.1, -0.05) is 38.8 Å². The van der Waals surface area contributed by atoms with Gasteiger partial charge in [0, 0.05) is 23.6 Å². The predicted octanol–water partition coefficient (Wildman–Crippen LogP) is 3.29. The van der Waals surface area contributed by atoms with Gasteiger partial charge in [-0.05, 0) is 32.1 Å². The number of ether oxygens (including phenoxy) is 2. The minimum absolute atomic E-state index is 0.0468. The summed E-state index contributed by atoms with van der Waals surface area (Å²) in [6, 6.07) is 0. The van der Waals surface area contributed by atoms with Gasteiger partial charge in [0.15, 0.2) is 5.60 Å². The number of rotatable bonds is 1. The zero-order valence-corrected chi connectivity index (χ0v) is 15.8. The van der Waals surface area contributed by atoms with Gasteiger partial charge in [0.25, 0.3) is 0 Å². The molecule has 5 nitrogen and oxygen atoms in total. The highest BCUT2D eigenvalue weighted by atomic mass is 79.9. The van der Waals surface area contributed by atoms with Crippen LogP contribution in [0, 0.1) is 17.8 Å². The van der Waals surface area contributed by atoms with Crippen LogP contribution < -0.4 is 0 Å². The molecule has 5 aliphatic rings. The van der Waals surface area contributed by atoms with Crippen molar-refractivity contribution >= 4 is 37.8 Å². The minimum atomic E-state index is -0.835. The van der Waals surface area contributed by atoms with Gasteiger partial charge < -0.3 is 9.47 Å². The number of carbonyl (C=O) groups excluding carboxylic acids is 1. The maximum atomic E-state index is 12.6. The number of halogens is 2. The van der Waals surface area contributed by atoms with Crippen LogP contribution in [0.1, 0.15) is 39.5 Å². The molecular weight excluding hydrogens is 420 g/mol. The third kappa shape index (κ3) is 1.83. The Labute approximate surface area is 146 Å². The Balaban J connectivity index is 1.86. The van der Waals surface area contributed by atoms with Crippen LogP contribution in [-0.4, -0.2) is 33.3 Å². The number of fused-ring (bicyclic) bond motifs is 2. The first-order chi connectivity index (χ1) is 10.4. The van der Waals surface area contributed by atoms with Crippen molar-refractivity contribution in [3.63, 3.8) is 0 Å². The summed E-state index contributed by atoms with van der Waals surface area (Å²) in [4.78, 5) is 24.3. The van der Waals surface area contributed by atoms with Gasteiger partial charge in [-0.2, -0.15) is 0 Å². The monoisotopic (exact) mass is 438 g/mol. The Kier molecular flexibility index (Phi) is 3.53. The van der Waals surface area contributed by atoms with Gasteiger partial charge in [0.2, 0.25) is 12.1 Å². The van der Waals surface area contributed by atoms with Gasteiger partial charge in [-0.3, -0.25) is 4.79 Å². The fraction of sp³-hybridized carbons (Fsp3) is 0.933. The fourth-order valence-electron chi connectivity index (χ4n) is 4.77. The maximum absolute atomic E-state index is 12.6. The molecule has 5 fully saturated rings. The van der Waals surface area contributed by atoms with Crippen molar-refractivity contribution in [1.82, 2.24) is 0 Å². The van der Waals surface area contributed by atoms with Gasteiger partial charge in [0.1, 0.15) is 4.32 Å². The molecule has 0 radical (unpaired) electrons. The number of hydrogen-bond acceptors (Lipinski definition) is 5. The predicted molar refractivity (Wildman–Crippen MR) is 84.3 cm³/mol. The minimum Gasteiger partial charge on any atom is -0.431 e. The van der Waals surface area contributed by atoms with Crippen LogP contribution in [0.4, 0.5) is 0 Å². The molecular formula is C15H20Br2O5. The summed E-state index contributed by atoms with van der Waals surface area (Å²) in [6.07, 6.45) is 2.95. The first-order valence-electron chi connectivity index (χ1n) is 7.86. The van der Waals surface area contributed by atoms with Crippen molar-refractivity contribution < 1.29 is 24.0 Å². The molecule has 0 aromatic heterocycles. The molecule has 0 aromatic carbocycles. The lowest BCUT2D eigenvalue weighted by Crippen LogP contribution is -2.74. The lowest BCUT2D eigenvalue weighted by atomic mass is 9.58. The van der Waals surface area contributed by atoms with E-state index in [1.807, 2.05) is 6.92 Å². The van der Waals surface area contributed by atoms with E-state index in [0.717, 1.165) is 25.7 Å². The van der Waals surface area contributed by atoms with E-state index in [9.17, 15) is 4.79 Å². The number of alkyl halides is 2. The Morgan fingerprint density at radius 1 is 1.27 bits per heavy atom. The SMILES string of the molecule is C[C@@H]1CC[C@@H]2[C@]34OO[C@](C)(CC[C@@H]13)O[C@H]4OC(=O)[C@@]2(Br)CBr. The summed E-state index contributed by atoms with van der Waals surface area (Å²) < 4.78 is 11.0. The van der Waals surface area contributed by atoms with Crippen LogP contribution in [-0.2, 0) is 24.0 Å². The first-order valence-corrected chi connectivity index (χ1v) is 9.78. The first kappa shape index (κ1) is 15.8. The molecule has 0 unspecified atom stereocenters. The molecule has 1 aliphatic carbocycles. The second-order valence-corrected chi connectivity index (χ2v) is 9.23. The number of hydrogen-bond donors (Lipinski definition) is 0. The van der Waals surface area contributed by atoms with Crippen LogP contribution in [0.3, 0.4) is 0 Å². The van der Waals surface area contributed by atoms with E-state index >= 15 is 0 Å². The van der Waals surface area contributed by atoms with Crippen molar-refractivity contribution in [2.75, 3.05) is 5.33 Å². The second kappa shape index (κ2) is 4.91. The average Bonchev–Trinajstić information content (AvgIpc) is 2.71. The molecule has 2 bridgehead atoms. The summed E-state index contributed by atoms with van der Waals surface area (Å²) >= 11 is 7.13. The molecule has 0 aromatic rings. The molecule has 4 saturated heterocycles. The molecule has 1 spiro atoms. The lowest BCUT2D eigenvalue weighted by molar-refractivity contribution is -0.558. The molecule has 0 amide bonds. The van der Waals surface area contributed by atoms with Crippen LogP contribution in [0.25, 0.3) is 0 Å². The zero-order chi connectivity index (χ0) is 15.8. The van der Waals surface area contributed by atoms with Crippen LogP contribution in [0.2, 0.25) is 0 Å². The standard InChI is InChI=1S/C15H20Br2O5/c1-8-3-4-10-14(17,7-16)11(18)19-12-15(10)9(8)5-6-13(2,20-12)21-22-15/h8-10,12H,3-7H2,1-2H3/t8-,9+,10+,12-,13-,14-,15-/m1/s1. The molecule has 7 heteroatoms. The summed E-state index contributed by atoms with van der Waals surface area (Å²) in [5, 5.41) is 0.472. The quantitative estimate of drug-likeness (QED) is 0.356. The summed E-state index contributed by atoms with van der Waals surface area (Å²) in [5.74, 6) is -0.425. The zero-order valence-electron chi connectivity index (χ0n) is 12.6. The van der Waals surface area contributed by atoms with Crippen molar-refractivity contribution in [2.24, 2.45) is 17.8 Å². The summed E-state index contributed by atoms with van der Waals surface area (Å²) in [5.41, 5.74) is -0.723. The van der Waals surface area contributed by atoms with E-state index in [0.29, 0.717) is 11.2 Å². The third-order valence-corrected chi connectivity index (χ3v) is 8.81. The maximum Gasteiger partial charge on any atom is 0.326 e. The molecule has 4 heterocycles. The van der Waals surface area contributed by atoms with Crippen LogP contribution >= 0.6 is 31.9 Å². The van der Waals surface area contributed by atoms with Crippen molar-refractivity contribution in [3.05, 3.63) is 0 Å². The molecule has 124 valence electrons. The van der Waals surface area contributed by atoms with E-state index in [-0.39, 0.29) is 17.8 Å². The smallest absolute Gasteiger partial charge is 0.326 e. The van der Waals surface area contributed by atoms with Gasteiger partial charge in [-0.15, -0.1) is 0 Å². The molecule has 1 saturated carbocycles. The van der Waals surface area contributed by atoms with Crippen molar-refractivity contribution in [2.45, 2.75) is 61.5 Å². The third-order valence-electron chi connectivity index (χ3n) is 6.02. The summed E-state index contributed by atoms with van der Waals surface area (Å²) in [6.45, 7) is 4.10. The molecule has 5 rings (SSSR count). The lowest BCUT2D eigenvalue weighted by Gasteiger charge is -2.60. The highest BCUT2D eigenvalue weighted by Gasteiger charge is 2.74. The van der Waals surface area contributed by atoms with E-state index in [2.05, 4.69) is 38.8 Å². The highest BCUT2D eigenvalue weighted by molar-refractivity contribution is 9.12. The largest absolute Gasteiger partial charge is 0.431 e. The topological polar surface area (TPSA) is 54.0 Å². The second-order valence-electron chi connectivity index (χ2n) is 7.26. The Hall–Kier alpha value is 0.310. The molecule has 4 aliphatic heterocycles. The Bertz CT molecular complexity index is 516. The van der Waals surface area contributed by atoms with E-state index in [4.69, 9.17) is 19.2 Å². The number of carbonyl (C=O) groups is 1. The van der Waals surface area contributed by atoms with E-state index in [1.54, 1.807) is 0 Å². The van der Waals surface area contributed by atoms with Crippen molar-refractivity contribution in [3.8, 4) is 0 Å². The van der Waals surface area contributed by atoms with E-state index < -0.39 is 22.0 Å². The molecule has 22 heavy (non-hydrogen) atoms. The Morgan fingerprint density at radius 2 is 2.05 bits per heavy atom. The van der Waals surface area contributed by atoms with Gasteiger partial charge in [-0.25, -0.2) is 9.78 Å². The van der Waals surface area contributed by atoms with Crippen molar-refractivity contribution in [1.29, 1.82) is 0 Å². The summed E-state index contributed by atoms with van der Waals surface area (Å²) in [7, 11) is 0. The fourth-order valence-corrected chi connectivity index (χ4v) is 6.07. The van der Waals surface area contributed by atoms with E-state index in [1.165, 1.54) is 0 Å². The number of esters is 1. The average molecular weight is 440 g/mol. The van der Waals surface area contributed by atoms with Gasteiger partial charge >= 0.3 is 5.97 Å². The normalized spacial score (nSPS) is 57.0. The van der Waals surface area contributed by atoms with Crippen LogP contribution in [0.15, 0.2) is 0 Å². The molecule has 7 atom stereocenters. The Morgan fingerprint density at radius 3 is 2.77 bits per heavy atom. The van der Waals surface area contributed by atoms with Gasteiger partial charge in [0.05, 0.1) is 0 Å². The van der Waals surface area contributed by atoms with Crippen LogP contribution in [0.5, 0.6) is 0 Å². The highest BCUT2D eigenvalue weighted by Crippen LogP contribution is 2.62.